The van der Waals surface area contributed by atoms with Crippen LogP contribution in [0.4, 0.5) is 0 Å². The zero-order valence-corrected chi connectivity index (χ0v) is 22.0. The molecule has 33 heavy (non-hydrogen) atoms. The van der Waals surface area contributed by atoms with Crippen molar-refractivity contribution in [1.82, 2.24) is 15.5 Å². The summed E-state index contributed by atoms with van der Waals surface area (Å²) in [5.41, 5.74) is 2.28. The predicted octanol–water partition coefficient (Wildman–Crippen LogP) is 4.49. The summed E-state index contributed by atoms with van der Waals surface area (Å²) < 4.78 is 5.46. The van der Waals surface area contributed by atoms with Gasteiger partial charge in [0.1, 0.15) is 11.4 Å². The van der Waals surface area contributed by atoms with Crippen LogP contribution in [0.1, 0.15) is 36.3 Å². The minimum atomic E-state index is -0.996. The molecule has 3 aromatic rings. The summed E-state index contributed by atoms with van der Waals surface area (Å²) >= 11 is 0. The van der Waals surface area contributed by atoms with E-state index < -0.39 is 5.60 Å². The van der Waals surface area contributed by atoms with E-state index in [0.29, 0.717) is 19.0 Å². The van der Waals surface area contributed by atoms with Crippen LogP contribution in [0.2, 0.25) is 0 Å². The van der Waals surface area contributed by atoms with Gasteiger partial charge in [0.2, 0.25) is 0 Å². The van der Waals surface area contributed by atoms with Crippen molar-refractivity contribution in [2.24, 2.45) is 4.99 Å². The molecule has 0 aliphatic carbocycles. The van der Waals surface area contributed by atoms with Gasteiger partial charge in [0.15, 0.2) is 5.96 Å². The summed E-state index contributed by atoms with van der Waals surface area (Å²) in [7, 11) is 2.08. The molecule has 0 aliphatic rings. The largest absolute Gasteiger partial charge is 0.468 e. The first-order valence-electron chi connectivity index (χ1n) is 11.1. The van der Waals surface area contributed by atoms with E-state index in [4.69, 9.17) is 9.41 Å². The second-order valence-electron chi connectivity index (χ2n) is 8.21. The first-order chi connectivity index (χ1) is 15.5. The summed E-state index contributed by atoms with van der Waals surface area (Å²) in [6.45, 7) is 7.05. The SMILES string of the molecule is CCNC(=NCc1ccccc1CN(C)Cc1ccco1)NCC(C)(O)c1ccccc1.I. The Labute approximate surface area is 214 Å². The van der Waals surface area contributed by atoms with Crippen LogP contribution in [-0.4, -0.2) is 36.1 Å². The van der Waals surface area contributed by atoms with E-state index in [1.165, 1.54) is 11.1 Å². The van der Waals surface area contributed by atoms with Gasteiger partial charge in [0.25, 0.3) is 0 Å². The van der Waals surface area contributed by atoms with Gasteiger partial charge in [-0.15, -0.1) is 24.0 Å². The van der Waals surface area contributed by atoms with Crippen LogP contribution in [0.25, 0.3) is 0 Å². The maximum atomic E-state index is 10.9. The van der Waals surface area contributed by atoms with Gasteiger partial charge in [-0.3, -0.25) is 4.90 Å². The minimum absolute atomic E-state index is 0. The molecule has 0 saturated heterocycles. The zero-order valence-electron chi connectivity index (χ0n) is 19.6. The van der Waals surface area contributed by atoms with Crippen LogP contribution in [0.3, 0.4) is 0 Å². The third-order valence-corrected chi connectivity index (χ3v) is 5.31. The van der Waals surface area contributed by atoms with Crippen LogP contribution in [-0.2, 0) is 25.2 Å². The molecule has 2 aromatic carbocycles. The maximum Gasteiger partial charge on any atom is 0.191 e. The monoisotopic (exact) mass is 562 g/mol. The van der Waals surface area contributed by atoms with E-state index >= 15 is 0 Å². The van der Waals surface area contributed by atoms with Crippen molar-refractivity contribution in [2.45, 2.75) is 39.1 Å². The molecule has 7 heteroatoms. The molecule has 0 spiro atoms. The summed E-state index contributed by atoms with van der Waals surface area (Å²) in [4.78, 5) is 6.99. The number of hydrogen-bond donors (Lipinski definition) is 3. The molecule has 0 amide bonds. The highest BCUT2D eigenvalue weighted by Crippen LogP contribution is 2.19. The van der Waals surface area contributed by atoms with Crippen molar-refractivity contribution in [3.63, 3.8) is 0 Å². The minimum Gasteiger partial charge on any atom is -0.468 e. The quantitative estimate of drug-likeness (QED) is 0.193. The molecule has 0 aliphatic heterocycles. The van der Waals surface area contributed by atoms with Gasteiger partial charge in [0.05, 0.1) is 25.9 Å². The Balaban J connectivity index is 0.00000385. The van der Waals surface area contributed by atoms with Crippen molar-refractivity contribution in [3.05, 3.63) is 95.4 Å². The van der Waals surface area contributed by atoms with Gasteiger partial charge in [-0.05, 0) is 49.7 Å². The van der Waals surface area contributed by atoms with Gasteiger partial charge in [-0.25, -0.2) is 4.99 Å². The fourth-order valence-electron chi connectivity index (χ4n) is 3.54. The molecule has 3 rings (SSSR count). The number of rotatable bonds is 10. The van der Waals surface area contributed by atoms with Crippen molar-refractivity contribution in [2.75, 3.05) is 20.1 Å². The molecule has 3 N–H and O–H groups in total. The van der Waals surface area contributed by atoms with E-state index in [0.717, 1.165) is 31.0 Å². The number of nitrogens with zero attached hydrogens (tertiary/aromatic N) is 2. The Bertz CT molecular complexity index is 975. The summed E-state index contributed by atoms with van der Waals surface area (Å²) in [5, 5.41) is 17.4. The molecule has 1 atom stereocenters. The standard InChI is InChI=1S/C26H34N4O2.HI/c1-4-27-25(29-20-26(2,31)23-13-6-5-7-14-23)28-17-21-11-8-9-12-22(21)18-30(3)19-24-15-10-16-32-24;/h5-16,31H,4,17-20H2,1-3H3,(H2,27,28,29);1H. The zero-order chi connectivity index (χ0) is 22.8. The molecule has 0 saturated carbocycles. The highest BCUT2D eigenvalue weighted by atomic mass is 127. The number of aliphatic imine (C=N–C) groups is 1. The number of halogens is 1. The lowest BCUT2D eigenvalue weighted by molar-refractivity contribution is 0.0617. The Hall–Kier alpha value is -2.36. The number of furan rings is 1. The summed E-state index contributed by atoms with van der Waals surface area (Å²) in [5.74, 6) is 1.63. The highest BCUT2D eigenvalue weighted by Gasteiger charge is 2.23. The normalized spacial score (nSPS) is 13.3. The van der Waals surface area contributed by atoms with Crippen LogP contribution in [0.15, 0.2) is 82.4 Å². The summed E-state index contributed by atoms with van der Waals surface area (Å²) in [6, 6.07) is 21.9. The predicted molar refractivity (Wildman–Crippen MR) is 145 cm³/mol. The highest BCUT2D eigenvalue weighted by molar-refractivity contribution is 14.0. The fourth-order valence-corrected chi connectivity index (χ4v) is 3.54. The van der Waals surface area contributed by atoms with Crippen molar-refractivity contribution < 1.29 is 9.52 Å². The lowest BCUT2D eigenvalue weighted by Crippen LogP contribution is -2.44. The maximum absolute atomic E-state index is 10.9. The Morgan fingerprint density at radius 2 is 1.67 bits per heavy atom. The van der Waals surface area contributed by atoms with Gasteiger partial charge in [-0.1, -0.05) is 54.6 Å². The molecule has 1 unspecified atom stereocenters. The fraction of sp³-hybridized carbons (Fsp3) is 0.346. The van der Waals surface area contributed by atoms with E-state index in [2.05, 4.69) is 40.8 Å². The number of guanidine groups is 1. The molecule has 6 nitrogen and oxygen atoms in total. The second kappa shape index (κ2) is 13.4. The first-order valence-corrected chi connectivity index (χ1v) is 11.1. The lowest BCUT2D eigenvalue weighted by atomic mass is 9.96. The Morgan fingerprint density at radius 1 is 0.970 bits per heavy atom. The number of nitrogens with one attached hydrogen (secondary N) is 2. The molecule has 1 heterocycles. The summed E-state index contributed by atoms with van der Waals surface area (Å²) in [6.07, 6.45) is 1.70. The van der Waals surface area contributed by atoms with Crippen LogP contribution < -0.4 is 10.6 Å². The third kappa shape index (κ3) is 8.49. The average molecular weight is 562 g/mol. The smallest absolute Gasteiger partial charge is 0.191 e. The third-order valence-electron chi connectivity index (χ3n) is 5.31. The average Bonchev–Trinajstić information content (AvgIpc) is 3.30. The van der Waals surface area contributed by atoms with Gasteiger partial charge < -0.3 is 20.2 Å². The van der Waals surface area contributed by atoms with Crippen molar-refractivity contribution in [1.29, 1.82) is 0 Å². The molecule has 1 aromatic heterocycles. The topological polar surface area (TPSA) is 73.0 Å². The van der Waals surface area contributed by atoms with E-state index in [1.54, 1.807) is 6.26 Å². The number of hydrogen-bond acceptors (Lipinski definition) is 4. The van der Waals surface area contributed by atoms with E-state index in [9.17, 15) is 5.11 Å². The Morgan fingerprint density at radius 3 is 2.33 bits per heavy atom. The second-order valence-corrected chi connectivity index (χ2v) is 8.21. The molecule has 0 fully saturated rings. The van der Waals surface area contributed by atoms with Crippen LogP contribution in [0.5, 0.6) is 0 Å². The van der Waals surface area contributed by atoms with Crippen LogP contribution >= 0.6 is 24.0 Å². The van der Waals surface area contributed by atoms with Crippen LogP contribution in [0, 0.1) is 0 Å². The number of aliphatic hydroxyl groups is 1. The van der Waals surface area contributed by atoms with E-state index in [1.807, 2.05) is 62.4 Å². The van der Waals surface area contributed by atoms with Gasteiger partial charge in [0, 0.05) is 13.1 Å². The Kier molecular flexibility index (Phi) is 10.9. The van der Waals surface area contributed by atoms with Gasteiger partial charge >= 0.3 is 0 Å². The number of benzene rings is 2. The first kappa shape index (κ1) is 26.9. The molecular formula is C26H35IN4O2. The molecular weight excluding hydrogens is 527 g/mol. The van der Waals surface area contributed by atoms with Crippen molar-refractivity contribution >= 4 is 29.9 Å². The molecule has 0 bridgehead atoms. The van der Waals surface area contributed by atoms with E-state index in [-0.39, 0.29) is 24.0 Å². The molecule has 0 radical (unpaired) electrons. The molecule has 178 valence electrons. The lowest BCUT2D eigenvalue weighted by Gasteiger charge is -2.25. The van der Waals surface area contributed by atoms with Crippen molar-refractivity contribution in [3.8, 4) is 0 Å². The van der Waals surface area contributed by atoms with Gasteiger partial charge in [-0.2, -0.15) is 0 Å².